The summed E-state index contributed by atoms with van der Waals surface area (Å²) in [4.78, 5) is 0. The second-order valence-corrected chi connectivity index (χ2v) is 3.95. The number of nitriles is 1. The fraction of sp³-hybridized carbons (Fsp3) is 0.909. The lowest BCUT2D eigenvalue weighted by Gasteiger charge is -2.08. The molecule has 1 saturated carbocycles. The molecule has 0 heterocycles. The van der Waals surface area contributed by atoms with Crippen molar-refractivity contribution in [3.63, 3.8) is 0 Å². The smallest absolute Gasteiger partial charge is 0.0622 e. The molecule has 0 aliphatic heterocycles. The van der Waals surface area contributed by atoms with Crippen molar-refractivity contribution in [1.29, 1.82) is 5.26 Å². The van der Waals surface area contributed by atoms with Crippen LogP contribution in [0.2, 0.25) is 0 Å². The van der Waals surface area contributed by atoms with Gasteiger partial charge in [-0.2, -0.15) is 5.26 Å². The van der Waals surface area contributed by atoms with Crippen molar-refractivity contribution in [3.05, 3.63) is 0 Å². The highest BCUT2D eigenvalue weighted by molar-refractivity contribution is 4.70. The molecule has 2 heteroatoms. The molecule has 1 rings (SSSR count). The number of rotatable bonds is 6. The standard InChI is InChI=1S/C11H20N2/c12-8-3-4-9-13-10-7-11-5-1-2-6-11/h11,13H,1-7,9-10H2. The SMILES string of the molecule is N#CCCCNCCC1CCCC1. The summed E-state index contributed by atoms with van der Waals surface area (Å²) in [6, 6.07) is 2.16. The highest BCUT2D eigenvalue weighted by atomic mass is 14.8. The van der Waals surface area contributed by atoms with Gasteiger partial charge in [0, 0.05) is 6.42 Å². The quantitative estimate of drug-likeness (QED) is 0.637. The lowest BCUT2D eigenvalue weighted by Crippen LogP contribution is -2.18. The van der Waals surface area contributed by atoms with Gasteiger partial charge in [-0.05, 0) is 31.8 Å². The number of nitrogens with one attached hydrogen (secondary N) is 1. The van der Waals surface area contributed by atoms with E-state index in [9.17, 15) is 0 Å². The maximum Gasteiger partial charge on any atom is 0.0622 e. The molecule has 1 N–H and O–H groups in total. The first-order chi connectivity index (χ1) is 6.43. The third-order valence-electron chi connectivity index (χ3n) is 2.85. The molecule has 13 heavy (non-hydrogen) atoms. The van der Waals surface area contributed by atoms with Crippen LogP contribution in [0.3, 0.4) is 0 Å². The van der Waals surface area contributed by atoms with Crippen LogP contribution >= 0.6 is 0 Å². The molecule has 0 aromatic carbocycles. The summed E-state index contributed by atoms with van der Waals surface area (Å²) in [6.45, 7) is 2.16. The largest absolute Gasteiger partial charge is 0.317 e. The van der Waals surface area contributed by atoms with Gasteiger partial charge in [0.2, 0.25) is 0 Å². The van der Waals surface area contributed by atoms with Crippen molar-refractivity contribution < 1.29 is 0 Å². The van der Waals surface area contributed by atoms with Crippen LogP contribution in [-0.2, 0) is 0 Å². The number of nitrogens with zero attached hydrogens (tertiary/aromatic N) is 1. The number of unbranched alkanes of at least 4 members (excludes halogenated alkanes) is 1. The Balaban J connectivity index is 1.81. The van der Waals surface area contributed by atoms with Gasteiger partial charge in [0.25, 0.3) is 0 Å². The van der Waals surface area contributed by atoms with E-state index < -0.39 is 0 Å². The molecule has 0 bridgehead atoms. The average molecular weight is 180 g/mol. The minimum Gasteiger partial charge on any atom is -0.317 e. The summed E-state index contributed by atoms with van der Waals surface area (Å²) < 4.78 is 0. The predicted octanol–water partition coefficient (Wildman–Crippen LogP) is 2.46. The van der Waals surface area contributed by atoms with Crippen LogP contribution in [-0.4, -0.2) is 13.1 Å². The summed E-state index contributed by atoms with van der Waals surface area (Å²) >= 11 is 0. The lowest BCUT2D eigenvalue weighted by molar-refractivity contribution is 0.476. The van der Waals surface area contributed by atoms with Crippen LogP contribution in [0.1, 0.15) is 44.9 Å². The fourth-order valence-corrected chi connectivity index (χ4v) is 2.02. The molecule has 74 valence electrons. The summed E-state index contributed by atoms with van der Waals surface area (Å²) in [5.41, 5.74) is 0. The fourth-order valence-electron chi connectivity index (χ4n) is 2.02. The molecule has 0 saturated heterocycles. The van der Waals surface area contributed by atoms with E-state index in [1.165, 1.54) is 32.1 Å². The number of hydrogen-bond acceptors (Lipinski definition) is 2. The first-order valence-corrected chi connectivity index (χ1v) is 5.51. The van der Waals surface area contributed by atoms with E-state index >= 15 is 0 Å². The van der Waals surface area contributed by atoms with Crippen LogP contribution in [0.25, 0.3) is 0 Å². The van der Waals surface area contributed by atoms with Gasteiger partial charge in [0.1, 0.15) is 0 Å². The van der Waals surface area contributed by atoms with Crippen molar-refractivity contribution in [2.45, 2.75) is 44.9 Å². The van der Waals surface area contributed by atoms with Gasteiger partial charge in [0.15, 0.2) is 0 Å². The van der Waals surface area contributed by atoms with Gasteiger partial charge in [0.05, 0.1) is 6.07 Å². The second-order valence-electron chi connectivity index (χ2n) is 3.95. The van der Waals surface area contributed by atoms with Gasteiger partial charge in [-0.1, -0.05) is 25.7 Å². The van der Waals surface area contributed by atoms with Crippen molar-refractivity contribution in [2.24, 2.45) is 5.92 Å². The Morgan fingerprint density at radius 2 is 2.00 bits per heavy atom. The Bertz CT molecular complexity index is 154. The van der Waals surface area contributed by atoms with Crippen LogP contribution in [0.5, 0.6) is 0 Å². The average Bonchev–Trinajstić information content (AvgIpc) is 2.63. The molecule has 0 amide bonds. The zero-order valence-electron chi connectivity index (χ0n) is 8.39. The maximum atomic E-state index is 8.32. The van der Waals surface area contributed by atoms with E-state index in [-0.39, 0.29) is 0 Å². The Labute approximate surface area is 81.3 Å². The maximum absolute atomic E-state index is 8.32. The van der Waals surface area contributed by atoms with Gasteiger partial charge in [-0.15, -0.1) is 0 Å². The topological polar surface area (TPSA) is 35.8 Å². The molecule has 0 aromatic rings. The molecule has 2 nitrogen and oxygen atoms in total. The second kappa shape index (κ2) is 6.91. The molecular formula is C11H20N2. The highest BCUT2D eigenvalue weighted by Crippen LogP contribution is 2.26. The van der Waals surface area contributed by atoms with Gasteiger partial charge in [-0.3, -0.25) is 0 Å². The zero-order chi connectivity index (χ0) is 9.36. The number of hydrogen-bond donors (Lipinski definition) is 1. The first kappa shape index (κ1) is 10.5. The van der Waals surface area contributed by atoms with Gasteiger partial charge < -0.3 is 5.32 Å². The van der Waals surface area contributed by atoms with E-state index in [0.717, 1.165) is 25.4 Å². The normalized spacial score (nSPS) is 17.5. The molecule has 0 radical (unpaired) electrons. The van der Waals surface area contributed by atoms with Crippen LogP contribution in [0.4, 0.5) is 0 Å². The van der Waals surface area contributed by atoms with Crippen molar-refractivity contribution in [1.82, 2.24) is 5.32 Å². The molecule has 0 aromatic heterocycles. The Morgan fingerprint density at radius 1 is 1.23 bits per heavy atom. The summed E-state index contributed by atoms with van der Waals surface area (Å²) in [5, 5.41) is 11.7. The minimum absolute atomic E-state index is 0.691. The summed E-state index contributed by atoms with van der Waals surface area (Å²) in [5.74, 6) is 0.989. The summed E-state index contributed by atoms with van der Waals surface area (Å²) in [6.07, 6.45) is 8.81. The molecule has 1 aliphatic rings. The molecule has 0 spiro atoms. The van der Waals surface area contributed by atoms with Crippen LogP contribution < -0.4 is 5.32 Å². The monoisotopic (exact) mass is 180 g/mol. The van der Waals surface area contributed by atoms with Crippen molar-refractivity contribution in [3.8, 4) is 6.07 Å². The molecule has 1 fully saturated rings. The van der Waals surface area contributed by atoms with Gasteiger partial charge in [-0.25, -0.2) is 0 Å². The van der Waals surface area contributed by atoms with E-state index in [0.29, 0.717) is 6.42 Å². The Hall–Kier alpha value is -0.550. The lowest BCUT2D eigenvalue weighted by atomic mass is 10.0. The van der Waals surface area contributed by atoms with E-state index in [2.05, 4.69) is 11.4 Å². The van der Waals surface area contributed by atoms with Crippen LogP contribution in [0, 0.1) is 17.2 Å². The van der Waals surface area contributed by atoms with Crippen molar-refractivity contribution in [2.75, 3.05) is 13.1 Å². The third kappa shape index (κ3) is 4.90. The molecule has 0 unspecified atom stereocenters. The van der Waals surface area contributed by atoms with E-state index in [1.54, 1.807) is 0 Å². The van der Waals surface area contributed by atoms with Crippen LogP contribution in [0.15, 0.2) is 0 Å². The zero-order valence-corrected chi connectivity index (χ0v) is 8.39. The first-order valence-electron chi connectivity index (χ1n) is 5.51. The molecule has 1 aliphatic carbocycles. The van der Waals surface area contributed by atoms with E-state index in [4.69, 9.17) is 5.26 Å². The minimum atomic E-state index is 0.691. The predicted molar refractivity (Wildman–Crippen MR) is 54.3 cm³/mol. The van der Waals surface area contributed by atoms with E-state index in [1.807, 2.05) is 0 Å². The molecular weight excluding hydrogens is 160 g/mol. The molecule has 0 atom stereocenters. The third-order valence-corrected chi connectivity index (χ3v) is 2.85. The van der Waals surface area contributed by atoms with Crippen molar-refractivity contribution >= 4 is 0 Å². The Kier molecular flexibility index (Phi) is 5.60. The van der Waals surface area contributed by atoms with Gasteiger partial charge >= 0.3 is 0 Å². The Morgan fingerprint density at radius 3 is 2.69 bits per heavy atom. The summed E-state index contributed by atoms with van der Waals surface area (Å²) in [7, 11) is 0. The highest BCUT2D eigenvalue weighted by Gasteiger charge is 2.13.